The standard InChI is InChI=1S/C15H9F9N2O3/c16-13(17,18)27-10-3-6(25)1-2-7(10)8-4-12(29-15(22,23)24)9(26)5-11(8)28-14(19,20)21/h1-5H,25-26H2. The van der Waals surface area contributed by atoms with Gasteiger partial charge in [0.2, 0.25) is 0 Å². The molecule has 4 N–H and O–H groups in total. The molecule has 2 aromatic carbocycles. The van der Waals surface area contributed by atoms with Crippen LogP contribution >= 0.6 is 0 Å². The van der Waals surface area contributed by atoms with E-state index in [0.717, 1.165) is 12.1 Å². The number of alkyl halides is 9. The molecule has 0 aliphatic carbocycles. The van der Waals surface area contributed by atoms with Crippen LogP contribution in [0.15, 0.2) is 30.3 Å². The Balaban J connectivity index is 2.73. The van der Waals surface area contributed by atoms with E-state index in [1.54, 1.807) is 0 Å². The SMILES string of the molecule is Nc1ccc(-c2cc(OC(F)(F)F)c(N)cc2OC(F)(F)F)c(OC(F)(F)F)c1. The lowest BCUT2D eigenvalue weighted by molar-refractivity contribution is -0.276. The molecule has 0 unspecified atom stereocenters. The minimum atomic E-state index is -5.34. The molecule has 0 aromatic heterocycles. The molecule has 0 heterocycles. The van der Waals surface area contributed by atoms with E-state index in [4.69, 9.17) is 11.5 Å². The van der Waals surface area contributed by atoms with Crippen LogP contribution < -0.4 is 25.7 Å². The summed E-state index contributed by atoms with van der Waals surface area (Å²) in [6.45, 7) is 0. The van der Waals surface area contributed by atoms with Gasteiger partial charge in [-0.25, -0.2) is 0 Å². The van der Waals surface area contributed by atoms with E-state index in [2.05, 4.69) is 14.2 Å². The number of rotatable bonds is 4. The quantitative estimate of drug-likeness (QED) is 0.508. The maximum Gasteiger partial charge on any atom is 0.573 e. The van der Waals surface area contributed by atoms with Crippen LogP contribution in [0, 0.1) is 0 Å². The van der Waals surface area contributed by atoms with Gasteiger partial charge in [-0.2, -0.15) is 0 Å². The Hall–Kier alpha value is -3.19. The minimum Gasteiger partial charge on any atom is -0.405 e. The van der Waals surface area contributed by atoms with Crippen LogP contribution in [0.2, 0.25) is 0 Å². The lowest BCUT2D eigenvalue weighted by atomic mass is 10.0. The van der Waals surface area contributed by atoms with Crippen LogP contribution in [0.3, 0.4) is 0 Å². The third kappa shape index (κ3) is 6.43. The number of halogens is 9. The molecule has 14 heteroatoms. The van der Waals surface area contributed by atoms with Gasteiger partial charge in [-0.1, -0.05) is 0 Å². The average Bonchev–Trinajstić information content (AvgIpc) is 2.46. The third-order valence-corrected chi connectivity index (χ3v) is 3.08. The average molecular weight is 436 g/mol. The molecule has 2 rings (SSSR count). The molecule has 0 saturated heterocycles. The predicted octanol–water partition coefficient (Wildman–Crippen LogP) is 5.21. The summed E-state index contributed by atoms with van der Waals surface area (Å²) >= 11 is 0. The minimum absolute atomic E-state index is 0.270. The maximum absolute atomic E-state index is 12.7. The lowest BCUT2D eigenvalue weighted by Crippen LogP contribution is -2.20. The molecule has 0 radical (unpaired) electrons. The first-order valence-electron chi connectivity index (χ1n) is 7.15. The highest BCUT2D eigenvalue weighted by molar-refractivity contribution is 5.81. The van der Waals surface area contributed by atoms with Crippen LogP contribution in [0.5, 0.6) is 17.2 Å². The molecule has 0 aliphatic heterocycles. The van der Waals surface area contributed by atoms with E-state index < -0.39 is 53.1 Å². The monoisotopic (exact) mass is 436 g/mol. The Morgan fingerprint density at radius 3 is 1.48 bits per heavy atom. The molecule has 0 amide bonds. The topological polar surface area (TPSA) is 79.7 Å². The van der Waals surface area contributed by atoms with E-state index in [1.165, 1.54) is 0 Å². The highest BCUT2D eigenvalue weighted by Gasteiger charge is 2.37. The number of hydrogen-bond acceptors (Lipinski definition) is 5. The Morgan fingerprint density at radius 2 is 1.00 bits per heavy atom. The molecule has 160 valence electrons. The van der Waals surface area contributed by atoms with Gasteiger partial charge in [0.15, 0.2) is 5.75 Å². The molecule has 0 spiro atoms. The molecule has 0 aliphatic rings. The van der Waals surface area contributed by atoms with Crippen molar-refractivity contribution in [3.63, 3.8) is 0 Å². The Bertz CT molecular complexity index is 892. The van der Waals surface area contributed by atoms with Crippen LogP contribution in [0.1, 0.15) is 0 Å². The Labute approximate surface area is 155 Å². The summed E-state index contributed by atoms with van der Waals surface area (Å²) in [5.41, 5.74) is 7.82. The van der Waals surface area contributed by atoms with Crippen LogP contribution in [-0.2, 0) is 0 Å². The lowest BCUT2D eigenvalue weighted by Gasteiger charge is -2.20. The van der Waals surface area contributed by atoms with Crippen molar-refractivity contribution in [3.05, 3.63) is 30.3 Å². The smallest absolute Gasteiger partial charge is 0.405 e. The highest BCUT2D eigenvalue weighted by Crippen LogP contribution is 2.45. The van der Waals surface area contributed by atoms with Crippen molar-refractivity contribution < 1.29 is 53.7 Å². The molecule has 0 atom stereocenters. The summed E-state index contributed by atoms with van der Waals surface area (Å²) in [5, 5.41) is 0. The largest absolute Gasteiger partial charge is 0.573 e. The zero-order valence-corrected chi connectivity index (χ0v) is 13.7. The molecule has 5 nitrogen and oxygen atoms in total. The summed E-state index contributed by atoms with van der Waals surface area (Å²) in [5.74, 6) is -3.45. The van der Waals surface area contributed by atoms with Gasteiger partial charge in [-0.05, 0) is 18.2 Å². The Kier molecular flexibility index (Phi) is 5.59. The molecular weight excluding hydrogens is 427 g/mol. The summed E-state index contributed by atoms with van der Waals surface area (Å²) in [4.78, 5) is 0. The molecule has 0 bridgehead atoms. The fourth-order valence-corrected chi connectivity index (χ4v) is 2.18. The Morgan fingerprint density at radius 1 is 0.552 bits per heavy atom. The van der Waals surface area contributed by atoms with E-state index >= 15 is 0 Å². The normalized spacial score (nSPS) is 12.6. The maximum atomic E-state index is 12.7. The van der Waals surface area contributed by atoms with Gasteiger partial charge in [-0.3, -0.25) is 0 Å². The summed E-state index contributed by atoms with van der Waals surface area (Å²) in [6.07, 6.45) is -15.9. The number of ether oxygens (including phenoxy) is 3. The van der Waals surface area contributed by atoms with E-state index in [1.807, 2.05) is 0 Å². The van der Waals surface area contributed by atoms with Gasteiger partial charge in [0.1, 0.15) is 11.5 Å². The second kappa shape index (κ2) is 7.33. The van der Waals surface area contributed by atoms with Gasteiger partial charge < -0.3 is 25.7 Å². The van der Waals surface area contributed by atoms with Crippen molar-refractivity contribution in [2.24, 2.45) is 0 Å². The van der Waals surface area contributed by atoms with Crippen molar-refractivity contribution in [3.8, 4) is 28.4 Å². The van der Waals surface area contributed by atoms with Crippen LogP contribution in [0.4, 0.5) is 50.9 Å². The fourth-order valence-electron chi connectivity index (χ4n) is 2.18. The first-order valence-corrected chi connectivity index (χ1v) is 7.15. The van der Waals surface area contributed by atoms with Gasteiger partial charge in [0.05, 0.1) is 5.69 Å². The van der Waals surface area contributed by atoms with Gasteiger partial charge >= 0.3 is 19.1 Å². The fraction of sp³-hybridized carbons (Fsp3) is 0.200. The van der Waals surface area contributed by atoms with Crippen molar-refractivity contribution in [2.45, 2.75) is 19.1 Å². The predicted molar refractivity (Wildman–Crippen MR) is 80.8 cm³/mol. The van der Waals surface area contributed by atoms with Gasteiger partial charge in [0, 0.05) is 28.9 Å². The van der Waals surface area contributed by atoms with Crippen molar-refractivity contribution >= 4 is 11.4 Å². The van der Waals surface area contributed by atoms with E-state index in [-0.39, 0.29) is 5.69 Å². The second-order valence-electron chi connectivity index (χ2n) is 5.29. The summed E-state index contributed by atoms with van der Waals surface area (Å²) in [7, 11) is 0. The van der Waals surface area contributed by atoms with E-state index in [0.29, 0.717) is 18.2 Å². The summed E-state index contributed by atoms with van der Waals surface area (Å²) < 4.78 is 124. The van der Waals surface area contributed by atoms with Crippen molar-refractivity contribution in [1.29, 1.82) is 0 Å². The molecule has 0 saturated carbocycles. The zero-order valence-electron chi connectivity index (χ0n) is 13.7. The van der Waals surface area contributed by atoms with Gasteiger partial charge in [-0.15, -0.1) is 39.5 Å². The number of nitrogens with two attached hydrogens (primary N) is 2. The number of hydrogen-bond donors (Lipinski definition) is 2. The highest BCUT2D eigenvalue weighted by atomic mass is 19.4. The zero-order chi connectivity index (χ0) is 22.2. The van der Waals surface area contributed by atoms with Crippen molar-refractivity contribution in [2.75, 3.05) is 11.5 Å². The first-order chi connectivity index (χ1) is 13.0. The molecular formula is C15H9F9N2O3. The number of nitrogen functional groups attached to an aromatic ring is 2. The molecule has 0 fully saturated rings. The number of benzene rings is 2. The van der Waals surface area contributed by atoms with E-state index in [9.17, 15) is 39.5 Å². The first kappa shape index (κ1) is 22.1. The van der Waals surface area contributed by atoms with Crippen LogP contribution in [-0.4, -0.2) is 19.1 Å². The van der Waals surface area contributed by atoms with Gasteiger partial charge in [0.25, 0.3) is 0 Å². The van der Waals surface area contributed by atoms with Crippen LogP contribution in [0.25, 0.3) is 11.1 Å². The number of anilines is 2. The summed E-state index contributed by atoms with van der Waals surface area (Å²) in [6, 6.07) is 3.04. The molecule has 2 aromatic rings. The third-order valence-electron chi connectivity index (χ3n) is 3.08. The second-order valence-corrected chi connectivity index (χ2v) is 5.29. The van der Waals surface area contributed by atoms with Crippen molar-refractivity contribution in [1.82, 2.24) is 0 Å². The molecule has 29 heavy (non-hydrogen) atoms.